The van der Waals surface area contributed by atoms with Crippen molar-refractivity contribution in [2.75, 3.05) is 27.2 Å². The Morgan fingerprint density at radius 2 is 1.82 bits per heavy atom. The molecule has 8 nitrogen and oxygen atoms in total. The predicted molar refractivity (Wildman–Crippen MR) is 128 cm³/mol. The maximum Gasteiger partial charge on any atom is 0.258 e. The van der Waals surface area contributed by atoms with E-state index in [2.05, 4.69) is 27.2 Å². The van der Waals surface area contributed by atoms with Crippen LogP contribution in [0.25, 0.3) is 27.8 Å². The number of nitrogens with one attached hydrogen (secondary N) is 1. The molecule has 4 aromatic rings. The minimum absolute atomic E-state index is 0.0260. The quantitative estimate of drug-likeness (QED) is 0.525. The molecule has 0 spiro atoms. The van der Waals surface area contributed by atoms with Crippen molar-refractivity contribution in [1.29, 1.82) is 0 Å². The van der Waals surface area contributed by atoms with Gasteiger partial charge in [0.1, 0.15) is 5.69 Å². The maximum atomic E-state index is 12.9. The molecule has 1 amide bonds. The number of H-pyrrole nitrogens is 1. The smallest absolute Gasteiger partial charge is 0.258 e. The molecule has 0 saturated carbocycles. The second-order valence-corrected chi connectivity index (χ2v) is 8.65. The second kappa shape index (κ2) is 8.63. The normalized spacial score (nSPS) is 15.1. The number of nitrogens with zero attached hydrogens (tertiary/aromatic N) is 5. The molecule has 1 fully saturated rings. The number of para-hydroxylation sites is 1. The molecule has 0 aliphatic carbocycles. The number of carbonyl (C=O) groups excluding carboxylic acids is 1. The van der Waals surface area contributed by atoms with Crippen LogP contribution in [0.15, 0.2) is 65.6 Å². The third-order valence-electron chi connectivity index (χ3n) is 6.46. The van der Waals surface area contributed by atoms with Gasteiger partial charge in [0.15, 0.2) is 0 Å². The first-order chi connectivity index (χ1) is 16.0. The molecule has 3 heterocycles. The number of rotatable bonds is 4. The van der Waals surface area contributed by atoms with E-state index in [4.69, 9.17) is 0 Å². The Hall–Kier alpha value is -3.78. The minimum atomic E-state index is -0.210. The van der Waals surface area contributed by atoms with Crippen molar-refractivity contribution in [3.63, 3.8) is 0 Å². The molecule has 0 atom stereocenters. The summed E-state index contributed by atoms with van der Waals surface area (Å²) in [5, 5.41) is 9.31. The number of benzene rings is 2. The average molecular weight is 443 g/mol. The molecule has 2 aromatic carbocycles. The van der Waals surface area contributed by atoms with Gasteiger partial charge >= 0.3 is 0 Å². The van der Waals surface area contributed by atoms with Gasteiger partial charge in [0.2, 0.25) is 0 Å². The van der Waals surface area contributed by atoms with E-state index in [9.17, 15) is 9.59 Å². The van der Waals surface area contributed by atoms with Gasteiger partial charge in [0.05, 0.1) is 17.4 Å². The zero-order valence-electron chi connectivity index (χ0n) is 18.7. The van der Waals surface area contributed by atoms with Crippen LogP contribution < -0.4 is 5.56 Å². The van der Waals surface area contributed by atoms with Gasteiger partial charge in [-0.15, -0.1) is 5.10 Å². The zero-order valence-corrected chi connectivity index (χ0v) is 18.7. The number of hydrogen-bond acceptors (Lipinski definition) is 5. The van der Waals surface area contributed by atoms with Crippen LogP contribution in [0.3, 0.4) is 0 Å². The fraction of sp³-hybridized carbons (Fsp3) is 0.280. The first kappa shape index (κ1) is 21.1. The van der Waals surface area contributed by atoms with Gasteiger partial charge in [-0.1, -0.05) is 23.4 Å². The molecular formula is C25H26N6O2. The van der Waals surface area contributed by atoms with E-state index >= 15 is 0 Å². The Morgan fingerprint density at radius 3 is 2.58 bits per heavy atom. The molecular weight excluding hydrogens is 416 g/mol. The fourth-order valence-corrected chi connectivity index (χ4v) is 4.36. The van der Waals surface area contributed by atoms with Gasteiger partial charge in [-0.05, 0) is 74.8 Å². The van der Waals surface area contributed by atoms with Crippen LogP contribution in [-0.4, -0.2) is 68.9 Å². The lowest BCUT2D eigenvalue weighted by Gasteiger charge is -2.35. The molecule has 2 aromatic heterocycles. The highest BCUT2D eigenvalue weighted by Gasteiger charge is 2.24. The van der Waals surface area contributed by atoms with E-state index in [1.165, 1.54) is 0 Å². The Labute approximate surface area is 191 Å². The maximum absolute atomic E-state index is 12.9. The molecule has 5 rings (SSSR count). The van der Waals surface area contributed by atoms with E-state index in [0.29, 0.717) is 16.8 Å². The predicted octanol–water partition coefficient (Wildman–Crippen LogP) is 2.94. The van der Waals surface area contributed by atoms with Crippen molar-refractivity contribution in [2.24, 2.45) is 0 Å². The Balaban J connectivity index is 1.35. The molecule has 0 unspecified atom stereocenters. The highest BCUT2D eigenvalue weighted by Crippen LogP contribution is 2.20. The number of hydrogen-bond donors (Lipinski definition) is 1. The lowest BCUT2D eigenvalue weighted by atomic mass is 10.0. The standard InChI is InChI=1S/C25H26N6O2/c1-29-13-11-19(12-14-29)30(2)25(33)17-7-9-20(10-8-17)31-16-23(27-28-31)21-15-18-5-3-4-6-22(18)26-24(21)32/h3-10,15-16,19H,11-14H2,1-2H3,(H,26,32). The van der Waals surface area contributed by atoms with E-state index in [0.717, 1.165) is 42.5 Å². The van der Waals surface area contributed by atoms with Crippen LogP contribution in [0.1, 0.15) is 23.2 Å². The second-order valence-electron chi connectivity index (χ2n) is 8.65. The lowest BCUT2D eigenvalue weighted by molar-refractivity contribution is 0.0659. The van der Waals surface area contributed by atoms with E-state index in [1.807, 2.05) is 66.5 Å². The number of amides is 1. The summed E-state index contributed by atoms with van der Waals surface area (Å²) in [4.78, 5) is 32.5. The molecule has 0 bridgehead atoms. The summed E-state index contributed by atoms with van der Waals surface area (Å²) in [6.45, 7) is 2.02. The number of piperidine rings is 1. The number of aromatic nitrogens is 4. The molecule has 1 aliphatic rings. The van der Waals surface area contributed by atoms with Crippen molar-refractivity contribution in [2.45, 2.75) is 18.9 Å². The van der Waals surface area contributed by atoms with E-state index in [1.54, 1.807) is 10.9 Å². The Morgan fingerprint density at radius 1 is 1.09 bits per heavy atom. The van der Waals surface area contributed by atoms with Gasteiger partial charge in [-0.2, -0.15) is 0 Å². The highest BCUT2D eigenvalue weighted by molar-refractivity contribution is 5.94. The topological polar surface area (TPSA) is 87.1 Å². The summed E-state index contributed by atoms with van der Waals surface area (Å²) in [5.74, 6) is 0.0260. The summed E-state index contributed by atoms with van der Waals surface area (Å²) < 4.78 is 1.61. The molecule has 168 valence electrons. The Kier molecular flexibility index (Phi) is 5.51. The van der Waals surface area contributed by atoms with E-state index < -0.39 is 0 Å². The van der Waals surface area contributed by atoms with Crippen molar-refractivity contribution in [3.8, 4) is 16.9 Å². The van der Waals surface area contributed by atoms with Crippen LogP contribution >= 0.6 is 0 Å². The average Bonchev–Trinajstić information content (AvgIpc) is 3.33. The summed E-state index contributed by atoms with van der Waals surface area (Å²) >= 11 is 0. The van der Waals surface area contributed by atoms with Gasteiger partial charge in [0, 0.05) is 24.2 Å². The largest absolute Gasteiger partial charge is 0.339 e. The van der Waals surface area contributed by atoms with Crippen molar-refractivity contribution >= 4 is 16.8 Å². The van der Waals surface area contributed by atoms with Crippen LogP contribution in [0.4, 0.5) is 0 Å². The van der Waals surface area contributed by atoms with Crippen LogP contribution in [0, 0.1) is 0 Å². The number of likely N-dealkylation sites (tertiary alicyclic amines) is 1. The molecule has 33 heavy (non-hydrogen) atoms. The number of carbonyl (C=O) groups is 1. The van der Waals surface area contributed by atoms with Gasteiger partial charge in [-0.3, -0.25) is 9.59 Å². The molecule has 1 N–H and O–H groups in total. The van der Waals surface area contributed by atoms with Gasteiger partial charge in [0.25, 0.3) is 11.5 Å². The number of fused-ring (bicyclic) bond motifs is 1. The Bertz CT molecular complexity index is 1350. The highest BCUT2D eigenvalue weighted by atomic mass is 16.2. The van der Waals surface area contributed by atoms with Gasteiger partial charge in [-0.25, -0.2) is 4.68 Å². The first-order valence-corrected chi connectivity index (χ1v) is 11.1. The summed E-state index contributed by atoms with van der Waals surface area (Å²) in [5.41, 5.74) is 2.94. The van der Waals surface area contributed by atoms with Crippen LogP contribution in [-0.2, 0) is 0 Å². The molecule has 8 heteroatoms. The number of pyridine rings is 1. The fourth-order valence-electron chi connectivity index (χ4n) is 4.36. The van der Waals surface area contributed by atoms with E-state index in [-0.39, 0.29) is 17.5 Å². The van der Waals surface area contributed by atoms with Crippen molar-refractivity contribution < 1.29 is 4.79 Å². The SMILES string of the molecule is CN1CCC(N(C)C(=O)c2ccc(-n3cc(-c4cc5ccccc5[nH]c4=O)nn3)cc2)CC1. The summed E-state index contributed by atoms with van der Waals surface area (Å²) in [7, 11) is 4.00. The summed E-state index contributed by atoms with van der Waals surface area (Å²) in [6, 6.07) is 17.0. The molecule has 1 saturated heterocycles. The van der Waals surface area contributed by atoms with Crippen LogP contribution in [0.2, 0.25) is 0 Å². The lowest BCUT2D eigenvalue weighted by Crippen LogP contribution is -2.44. The zero-order chi connectivity index (χ0) is 22.9. The van der Waals surface area contributed by atoms with Crippen molar-refractivity contribution in [1.82, 2.24) is 29.8 Å². The van der Waals surface area contributed by atoms with Gasteiger partial charge < -0.3 is 14.8 Å². The summed E-state index contributed by atoms with van der Waals surface area (Å²) in [6.07, 6.45) is 3.71. The third kappa shape index (κ3) is 4.17. The first-order valence-electron chi connectivity index (χ1n) is 11.1. The molecule has 1 aliphatic heterocycles. The minimum Gasteiger partial charge on any atom is -0.339 e. The van der Waals surface area contributed by atoms with Crippen LogP contribution in [0.5, 0.6) is 0 Å². The molecule has 0 radical (unpaired) electrons. The van der Waals surface area contributed by atoms with Crippen molar-refractivity contribution in [3.05, 3.63) is 76.7 Å². The monoisotopic (exact) mass is 442 g/mol. The number of aromatic amines is 1. The third-order valence-corrected chi connectivity index (χ3v) is 6.46.